The zero-order valence-electron chi connectivity index (χ0n) is 10.4. The second-order valence-corrected chi connectivity index (χ2v) is 4.96. The smallest absolute Gasteiger partial charge is 0.134 e. The fourth-order valence-corrected chi connectivity index (χ4v) is 2.38. The lowest BCUT2D eigenvalue weighted by atomic mass is 9.82. The highest BCUT2D eigenvalue weighted by Crippen LogP contribution is 2.30. The summed E-state index contributed by atoms with van der Waals surface area (Å²) in [6.45, 7) is 2.63. The van der Waals surface area contributed by atoms with Gasteiger partial charge in [-0.05, 0) is 31.7 Å². The van der Waals surface area contributed by atoms with Crippen LogP contribution in [0.3, 0.4) is 0 Å². The van der Waals surface area contributed by atoms with Crippen LogP contribution in [0.2, 0.25) is 0 Å². The van der Waals surface area contributed by atoms with E-state index in [1.807, 2.05) is 19.2 Å². The molecule has 1 atom stereocenters. The summed E-state index contributed by atoms with van der Waals surface area (Å²) < 4.78 is 0. The van der Waals surface area contributed by atoms with Gasteiger partial charge in [0.1, 0.15) is 5.82 Å². The molecule has 2 rings (SSSR count). The van der Waals surface area contributed by atoms with Crippen LogP contribution in [-0.4, -0.2) is 34.9 Å². The number of hydrogen-bond donors (Lipinski definition) is 2. The summed E-state index contributed by atoms with van der Waals surface area (Å²) in [5, 5.41) is 19.0. The molecule has 1 fully saturated rings. The SMILES string of the molecule is C[C@H](O)c1cccnc1N(C)CC1CC(O)C1. The van der Waals surface area contributed by atoms with Gasteiger partial charge in [-0.2, -0.15) is 0 Å². The molecular formula is C13H20N2O2. The van der Waals surface area contributed by atoms with Crippen molar-refractivity contribution in [2.75, 3.05) is 18.5 Å². The third-order valence-corrected chi connectivity index (χ3v) is 3.37. The summed E-state index contributed by atoms with van der Waals surface area (Å²) in [4.78, 5) is 6.40. The first kappa shape index (κ1) is 12.3. The molecule has 17 heavy (non-hydrogen) atoms. The first-order chi connectivity index (χ1) is 8.08. The topological polar surface area (TPSA) is 56.6 Å². The number of pyridine rings is 1. The van der Waals surface area contributed by atoms with E-state index in [4.69, 9.17) is 0 Å². The molecule has 1 aliphatic rings. The fourth-order valence-electron chi connectivity index (χ4n) is 2.38. The largest absolute Gasteiger partial charge is 0.393 e. The molecule has 1 aliphatic carbocycles. The van der Waals surface area contributed by atoms with E-state index in [9.17, 15) is 10.2 Å². The second-order valence-electron chi connectivity index (χ2n) is 4.96. The molecule has 1 heterocycles. The quantitative estimate of drug-likeness (QED) is 0.828. The van der Waals surface area contributed by atoms with E-state index in [0.29, 0.717) is 5.92 Å². The van der Waals surface area contributed by atoms with E-state index >= 15 is 0 Å². The van der Waals surface area contributed by atoms with Crippen LogP contribution in [0, 0.1) is 5.92 Å². The molecule has 4 nitrogen and oxygen atoms in total. The summed E-state index contributed by atoms with van der Waals surface area (Å²) in [6.07, 6.45) is 2.87. The van der Waals surface area contributed by atoms with Crippen LogP contribution in [0.1, 0.15) is 31.4 Å². The average Bonchev–Trinajstić information content (AvgIpc) is 2.27. The lowest BCUT2D eigenvalue weighted by Crippen LogP contribution is -2.37. The van der Waals surface area contributed by atoms with Crippen molar-refractivity contribution >= 4 is 5.82 Å². The molecule has 0 amide bonds. The van der Waals surface area contributed by atoms with Crippen LogP contribution in [0.15, 0.2) is 18.3 Å². The van der Waals surface area contributed by atoms with Crippen molar-refractivity contribution in [1.82, 2.24) is 4.98 Å². The third-order valence-electron chi connectivity index (χ3n) is 3.37. The van der Waals surface area contributed by atoms with Gasteiger partial charge in [0.15, 0.2) is 0 Å². The number of rotatable bonds is 4. The van der Waals surface area contributed by atoms with Gasteiger partial charge in [0.25, 0.3) is 0 Å². The Hall–Kier alpha value is -1.13. The van der Waals surface area contributed by atoms with Crippen molar-refractivity contribution in [2.24, 2.45) is 5.92 Å². The number of hydrogen-bond acceptors (Lipinski definition) is 4. The Labute approximate surface area is 102 Å². The van der Waals surface area contributed by atoms with Gasteiger partial charge in [0.05, 0.1) is 12.2 Å². The first-order valence-electron chi connectivity index (χ1n) is 6.10. The monoisotopic (exact) mass is 236 g/mol. The van der Waals surface area contributed by atoms with Gasteiger partial charge in [-0.15, -0.1) is 0 Å². The molecule has 1 aromatic heterocycles. The number of aromatic nitrogens is 1. The maximum Gasteiger partial charge on any atom is 0.134 e. The van der Waals surface area contributed by atoms with Crippen molar-refractivity contribution in [2.45, 2.75) is 32.0 Å². The molecule has 0 saturated heterocycles. The van der Waals surface area contributed by atoms with Gasteiger partial charge in [0.2, 0.25) is 0 Å². The van der Waals surface area contributed by atoms with Crippen LogP contribution >= 0.6 is 0 Å². The lowest BCUT2D eigenvalue weighted by Gasteiger charge is -2.35. The van der Waals surface area contributed by atoms with Gasteiger partial charge in [-0.1, -0.05) is 6.07 Å². The predicted octanol–water partition coefficient (Wildman–Crippen LogP) is 1.34. The standard InChI is InChI=1S/C13H20N2O2/c1-9(16)12-4-3-5-14-13(12)15(2)8-10-6-11(17)7-10/h3-5,9-11,16-17H,6-8H2,1-2H3/t9-,10?,11?/m0/s1. The Morgan fingerprint density at radius 3 is 2.82 bits per heavy atom. The summed E-state index contributed by atoms with van der Waals surface area (Å²) in [7, 11) is 1.99. The zero-order valence-corrected chi connectivity index (χ0v) is 10.4. The van der Waals surface area contributed by atoms with Crippen LogP contribution in [0.4, 0.5) is 5.82 Å². The number of aliphatic hydroxyl groups is 2. The Balaban J connectivity index is 2.05. The number of anilines is 1. The number of aliphatic hydroxyl groups excluding tert-OH is 2. The van der Waals surface area contributed by atoms with Gasteiger partial charge in [-0.25, -0.2) is 4.98 Å². The highest BCUT2D eigenvalue weighted by atomic mass is 16.3. The number of nitrogens with zero attached hydrogens (tertiary/aromatic N) is 2. The predicted molar refractivity (Wildman–Crippen MR) is 66.9 cm³/mol. The summed E-state index contributed by atoms with van der Waals surface area (Å²) in [5.74, 6) is 1.38. The van der Waals surface area contributed by atoms with E-state index in [0.717, 1.165) is 30.8 Å². The highest BCUT2D eigenvalue weighted by molar-refractivity contribution is 5.47. The Bertz CT molecular complexity index is 375. The minimum absolute atomic E-state index is 0.117. The van der Waals surface area contributed by atoms with Gasteiger partial charge in [-0.3, -0.25) is 0 Å². The van der Waals surface area contributed by atoms with Crippen molar-refractivity contribution < 1.29 is 10.2 Å². The Morgan fingerprint density at radius 1 is 1.53 bits per heavy atom. The fraction of sp³-hybridized carbons (Fsp3) is 0.615. The molecule has 94 valence electrons. The van der Waals surface area contributed by atoms with Crippen molar-refractivity contribution in [3.8, 4) is 0 Å². The van der Waals surface area contributed by atoms with Gasteiger partial charge < -0.3 is 15.1 Å². The molecule has 1 saturated carbocycles. The highest BCUT2D eigenvalue weighted by Gasteiger charge is 2.28. The van der Waals surface area contributed by atoms with Crippen LogP contribution in [0.25, 0.3) is 0 Å². The Kier molecular flexibility index (Phi) is 3.64. The first-order valence-corrected chi connectivity index (χ1v) is 6.10. The normalized spacial score (nSPS) is 25.2. The van der Waals surface area contributed by atoms with Crippen molar-refractivity contribution in [3.05, 3.63) is 23.9 Å². The summed E-state index contributed by atoms with van der Waals surface area (Å²) in [5.41, 5.74) is 0.856. The molecule has 1 aromatic rings. The average molecular weight is 236 g/mol. The molecule has 0 radical (unpaired) electrons. The van der Waals surface area contributed by atoms with E-state index in [-0.39, 0.29) is 6.10 Å². The molecule has 0 aliphatic heterocycles. The van der Waals surface area contributed by atoms with Gasteiger partial charge in [0, 0.05) is 25.4 Å². The molecule has 0 aromatic carbocycles. The molecule has 0 spiro atoms. The minimum atomic E-state index is -0.506. The van der Waals surface area contributed by atoms with E-state index in [2.05, 4.69) is 9.88 Å². The molecule has 0 bridgehead atoms. The molecule has 4 heteroatoms. The van der Waals surface area contributed by atoms with E-state index in [1.165, 1.54) is 0 Å². The van der Waals surface area contributed by atoms with Crippen molar-refractivity contribution in [3.63, 3.8) is 0 Å². The van der Waals surface area contributed by atoms with Crippen LogP contribution < -0.4 is 4.90 Å². The minimum Gasteiger partial charge on any atom is -0.393 e. The van der Waals surface area contributed by atoms with Gasteiger partial charge >= 0.3 is 0 Å². The summed E-state index contributed by atoms with van der Waals surface area (Å²) >= 11 is 0. The maximum atomic E-state index is 9.69. The second kappa shape index (κ2) is 5.02. The maximum absolute atomic E-state index is 9.69. The van der Waals surface area contributed by atoms with E-state index in [1.54, 1.807) is 13.1 Å². The molecule has 2 N–H and O–H groups in total. The molecule has 0 unspecified atom stereocenters. The van der Waals surface area contributed by atoms with Crippen molar-refractivity contribution in [1.29, 1.82) is 0 Å². The van der Waals surface area contributed by atoms with Crippen LogP contribution in [0.5, 0.6) is 0 Å². The van der Waals surface area contributed by atoms with E-state index < -0.39 is 6.10 Å². The molecular weight excluding hydrogens is 216 g/mol. The zero-order chi connectivity index (χ0) is 12.4. The van der Waals surface area contributed by atoms with Crippen LogP contribution in [-0.2, 0) is 0 Å². The lowest BCUT2D eigenvalue weighted by molar-refractivity contribution is 0.0463. The summed E-state index contributed by atoms with van der Waals surface area (Å²) in [6, 6.07) is 3.74. The third kappa shape index (κ3) is 2.76. The Morgan fingerprint density at radius 2 is 2.24 bits per heavy atom.